The first-order valence-corrected chi connectivity index (χ1v) is 13.4. The highest BCUT2D eigenvalue weighted by Gasteiger charge is 2.64. The number of piperidine rings is 1. The molecule has 3 aromatic rings. The van der Waals surface area contributed by atoms with Crippen LogP contribution in [0.2, 0.25) is 0 Å². The number of benzene rings is 2. The summed E-state index contributed by atoms with van der Waals surface area (Å²) < 4.78 is 36.7. The van der Waals surface area contributed by atoms with Crippen LogP contribution in [0.25, 0.3) is 10.9 Å². The molecule has 5 rings (SSSR count). The molecule has 2 fully saturated rings. The van der Waals surface area contributed by atoms with Gasteiger partial charge in [-0.25, -0.2) is 8.78 Å². The molecule has 2 aliphatic rings. The van der Waals surface area contributed by atoms with Crippen molar-refractivity contribution in [1.29, 1.82) is 5.26 Å². The number of fused-ring (bicyclic) bond motifs is 1. The van der Waals surface area contributed by atoms with Gasteiger partial charge in [0, 0.05) is 53.5 Å². The maximum atomic E-state index is 15.1. The van der Waals surface area contributed by atoms with Gasteiger partial charge in [-0.15, -0.1) is 0 Å². The van der Waals surface area contributed by atoms with Crippen molar-refractivity contribution >= 4 is 28.8 Å². The Hall–Kier alpha value is -4.06. The molecule has 1 N–H and O–H groups in total. The average molecular weight is 547 g/mol. The van der Waals surface area contributed by atoms with Crippen molar-refractivity contribution < 1.29 is 23.1 Å². The Morgan fingerprint density at radius 2 is 1.82 bits per heavy atom. The van der Waals surface area contributed by atoms with Crippen molar-refractivity contribution in [1.82, 2.24) is 10.3 Å². The average Bonchev–Trinajstić information content (AvgIpc) is 2.95. The molecule has 0 spiro atoms. The first-order chi connectivity index (χ1) is 19.0. The number of pyridine rings is 1. The van der Waals surface area contributed by atoms with E-state index in [0.717, 1.165) is 18.4 Å². The fourth-order valence-corrected chi connectivity index (χ4v) is 6.70. The predicted octanol–water partition coefficient (Wildman–Crippen LogP) is 5.41. The van der Waals surface area contributed by atoms with Gasteiger partial charge in [-0.3, -0.25) is 9.78 Å². The van der Waals surface area contributed by atoms with Crippen LogP contribution in [-0.2, 0) is 4.79 Å². The Kier molecular flexibility index (Phi) is 6.99. The number of hydrogen-bond acceptors (Lipinski definition) is 6. The van der Waals surface area contributed by atoms with Crippen molar-refractivity contribution in [3.63, 3.8) is 0 Å². The molecule has 0 atom stereocenters. The van der Waals surface area contributed by atoms with Crippen LogP contribution in [0, 0.1) is 39.7 Å². The molecule has 208 valence electrons. The van der Waals surface area contributed by atoms with Crippen molar-refractivity contribution in [3.05, 3.63) is 65.4 Å². The number of anilines is 1. The van der Waals surface area contributed by atoms with Crippen molar-refractivity contribution in [3.8, 4) is 11.8 Å². The fourth-order valence-electron chi connectivity index (χ4n) is 6.70. The second-order valence-electron chi connectivity index (χ2n) is 11.9. The molecule has 2 aromatic carbocycles. The van der Waals surface area contributed by atoms with E-state index in [2.05, 4.69) is 16.4 Å². The number of hydrogen-bond donors (Lipinski definition) is 1. The van der Waals surface area contributed by atoms with Crippen molar-refractivity contribution in [2.24, 2.45) is 16.7 Å². The number of carbonyl (C=O) groups excluding carboxylic acids is 2. The van der Waals surface area contributed by atoms with E-state index in [9.17, 15) is 14.9 Å². The Balaban J connectivity index is 1.34. The van der Waals surface area contributed by atoms with Gasteiger partial charge in [0.15, 0.2) is 0 Å². The molecule has 0 unspecified atom stereocenters. The number of halogens is 2. The summed E-state index contributed by atoms with van der Waals surface area (Å²) >= 11 is 0. The lowest BCUT2D eigenvalue weighted by molar-refractivity contribution is -0.163. The zero-order valence-corrected chi connectivity index (χ0v) is 23.0. The molecule has 1 aliphatic carbocycles. The number of aldehydes is 1. The van der Waals surface area contributed by atoms with Gasteiger partial charge < -0.3 is 19.7 Å². The van der Waals surface area contributed by atoms with E-state index < -0.39 is 34.4 Å². The molecular formula is C31H32F2N4O3. The highest BCUT2D eigenvalue weighted by Crippen LogP contribution is 2.56. The molecule has 1 saturated heterocycles. The van der Waals surface area contributed by atoms with E-state index in [1.807, 2.05) is 33.8 Å². The summed E-state index contributed by atoms with van der Waals surface area (Å²) in [5, 5.41) is 13.1. The summed E-state index contributed by atoms with van der Waals surface area (Å²) in [4.78, 5) is 30.3. The minimum atomic E-state index is -0.800. The lowest BCUT2D eigenvalue weighted by atomic mass is 9.49. The first kappa shape index (κ1) is 27.5. The van der Waals surface area contributed by atoms with E-state index in [0.29, 0.717) is 48.1 Å². The van der Waals surface area contributed by atoms with Crippen LogP contribution in [-0.4, -0.2) is 42.4 Å². The van der Waals surface area contributed by atoms with Crippen LogP contribution in [0.4, 0.5) is 14.5 Å². The van der Waals surface area contributed by atoms with E-state index >= 15 is 8.78 Å². The molecule has 1 aliphatic heterocycles. The van der Waals surface area contributed by atoms with E-state index in [1.165, 1.54) is 0 Å². The number of ether oxygens (including phenoxy) is 1. The van der Waals surface area contributed by atoms with Gasteiger partial charge in [-0.05, 0) is 43.2 Å². The SMILES string of the molecule is CC1(C)C(NC(=O)c2cc(F)c(N3CCC(C=O)CC3)cc2F)C(C)(C)C1Oc1ccc(C#N)c2ncccc12. The highest BCUT2D eigenvalue weighted by molar-refractivity contribution is 5.95. The molecular weight excluding hydrogens is 514 g/mol. The summed E-state index contributed by atoms with van der Waals surface area (Å²) in [6.07, 6.45) is 3.36. The lowest BCUT2D eigenvalue weighted by Gasteiger charge is -2.63. The standard InChI is InChI=1S/C31H32F2N4O3/c1-30(2)28(31(3,4)29(30)40-25-8-7-19(16-34)26-20(25)6-5-11-35-26)36-27(39)21-14-23(33)24(15-22(21)32)37-12-9-18(17-38)10-13-37/h5-8,11,14-15,17-18,28-29H,9-10,12-13H2,1-4H3,(H,36,39). The van der Waals surface area contributed by atoms with Gasteiger partial charge in [0.2, 0.25) is 0 Å². The normalized spacial score (nSPS) is 21.8. The number of aromatic nitrogens is 1. The van der Waals surface area contributed by atoms with Crippen LogP contribution in [0.1, 0.15) is 56.5 Å². The van der Waals surface area contributed by atoms with Gasteiger partial charge in [0.25, 0.3) is 5.91 Å². The second kappa shape index (κ2) is 10.2. The van der Waals surface area contributed by atoms with Crippen LogP contribution in [0.5, 0.6) is 5.75 Å². The molecule has 40 heavy (non-hydrogen) atoms. The summed E-state index contributed by atoms with van der Waals surface area (Å²) in [7, 11) is 0. The molecule has 1 aromatic heterocycles. The van der Waals surface area contributed by atoms with Crippen LogP contribution in [0.3, 0.4) is 0 Å². The number of amides is 1. The minimum Gasteiger partial charge on any atom is -0.488 e. The Labute approximate surface area is 232 Å². The summed E-state index contributed by atoms with van der Waals surface area (Å²) in [6.45, 7) is 8.73. The summed E-state index contributed by atoms with van der Waals surface area (Å²) in [6, 6.07) is 10.8. The Bertz CT molecular complexity index is 1510. The van der Waals surface area contributed by atoms with Gasteiger partial charge in [0.1, 0.15) is 35.8 Å². The number of carbonyl (C=O) groups is 2. The topological polar surface area (TPSA) is 95.3 Å². The molecule has 0 bridgehead atoms. The third-order valence-electron chi connectivity index (χ3n) is 8.56. The number of nitrogens with zero attached hydrogens (tertiary/aromatic N) is 3. The van der Waals surface area contributed by atoms with E-state index in [4.69, 9.17) is 4.74 Å². The predicted molar refractivity (Wildman–Crippen MR) is 147 cm³/mol. The lowest BCUT2D eigenvalue weighted by Crippen LogP contribution is -2.74. The number of rotatable bonds is 6. The van der Waals surface area contributed by atoms with Gasteiger partial charge in [-0.2, -0.15) is 5.26 Å². The zero-order chi connectivity index (χ0) is 28.8. The quantitative estimate of drug-likeness (QED) is 0.416. The Morgan fingerprint density at radius 1 is 1.12 bits per heavy atom. The Morgan fingerprint density at radius 3 is 2.48 bits per heavy atom. The monoisotopic (exact) mass is 546 g/mol. The molecule has 7 nitrogen and oxygen atoms in total. The fraction of sp³-hybridized carbons (Fsp3) is 0.419. The molecule has 2 heterocycles. The first-order valence-electron chi connectivity index (χ1n) is 13.4. The highest BCUT2D eigenvalue weighted by atomic mass is 19.1. The maximum Gasteiger partial charge on any atom is 0.254 e. The number of nitrogens with one attached hydrogen (secondary N) is 1. The molecule has 1 saturated carbocycles. The molecule has 1 amide bonds. The van der Waals surface area contributed by atoms with Crippen molar-refractivity contribution in [2.75, 3.05) is 18.0 Å². The van der Waals surface area contributed by atoms with E-state index in [-0.39, 0.29) is 23.3 Å². The smallest absolute Gasteiger partial charge is 0.254 e. The third-order valence-corrected chi connectivity index (χ3v) is 8.56. The van der Waals surface area contributed by atoms with Gasteiger partial charge >= 0.3 is 0 Å². The van der Waals surface area contributed by atoms with Crippen LogP contribution < -0.4 is 15.0 Å². The van der Waals surface area contributed by atoms with Crippen molar-refractivity contribution in [2.45, 2.75) is 52.7 Å². The molecule has 9 heteroatoms. The number of nitriles is 1. The summed E-state index contributed by atoms with van der Waals surface area (Å²) in [5.74, 6) is -1.65. The largest absolute Gasteiger partial charge is 0.488 e. The van der Waals surface area contributed by atoms with Crippen LogP contribution in [0.15, 0.2) is 42.6 Å². The molecule has 0 radical (unpaired) electrons. The van der Waals surface area contributed by atoms with Gasteiger partial charge in [-0.1, -0.05) is 27.7 Å². The van der Waals surface area contributed by atoms with Crippen LogP contribution >= 0.6 is 0 Å². The van der Waals surface area contributed by atoms with Gasteiger partial charge in [0.05, 0.1) is 22.3 Å². The minimum absolute atomic E-state index is 0.0662. The maximum absolute atomic E-state index is 15.1. The zero-order valence-electron chi connectivity index (χ0n) is 23.0. The van der Waals surface area contributed by atoms with E-state index in [1.54, 1.807) is 29.3 Å². The second-order valence-corrected chi connectivity index (χ2v) is 11.9. The third kappa shape index (κ3) is 4.55. The summed E-state index contributed by atoms with van der Waals surface area (Å²) in [5.41, 5.74) is -0.370.